The Balaban J connectivity index is 1.80. The fourth-order valence-corrected chi connectivity index (χ4v) is 3.44. The van der Waals surface area contributed by atoms with Crippen molar-refractivity contribution < 1.29 is 23.6 Å². The van der Waals surface area contributed by atoms with Gasteiger partial charge in [-0.05, 0) is 30.7 Å². The van der Waals surface area contributed by atoms with Crippen molar-refractivity contribution >= 4 is 12.6 Å². The zero-order chi connectivity index (χ0) is 17.5. The Hall–Kier alpha value is -1.14. The maximum Gasteiger partial charge on any atom is 0.491 e. The summed E-state index contributed by atoms with van der Waals surface area (Å²) in [4.78, 5) is 0. The standard InChI is InChI=1S/C18H27BF2O3/c1-2-3-4-5-13-6-8-14(9-7-13)12-24-16-11-10-15(19(22)23)17(20)18(16)21/h10-11,13-14,22-23H,2-9,12H2,1H3. The first-order chi connectivity index (χ1) is 11.5. The van der Waals surface area contributed by atoms with Gasteiger partial charge in [0.1, 0.15) is 0 Å². The lowest BCUT2D eigenvalue weighted by atomic mass is 9.79. The van der Waals surface area contributed by atoms with Crippen molar-refractivity contribution in [2.24, 2.45) is 11.8 Å². The highest BCUT2D eigenvalue weighted by atomic mass is 19.2. The molecule has 0 amide bonds. The van der Waals surface area contributed by atoms with Crippen LogP contribution in [0.1, 0.15) is 58.3 Å². The third-order valence-corrected chi connectivity index (χ3v) is 5.01. The Bertz CT molecular complexity index is 517. The van der Waals surface area contributed by atoms with Crippen molar-refractivity contribution in [2.45, 2.75) is 58.3 Å². The summed E-state index contributed by atoms with van der Waals surface area (Å²) in [6, 6.07) is 2.40. The maximum atomic E-state index is 13.9. The van der Waals surface area contributed by atoms with Crippen molar-refractivity contribution in [2.75, 3.05) is 6.61 Å². The topological polar surface area (TPSA) is 49.7 Å². The van der Waals surface area contributed by atoms with Gasteiger partial charge in [-0.3, -0.25) is 0 Å². The summed E-state index contributed by atoms with van der Waals surface area (Å²) in [5, 5.41) is 17.9. The van der Waals surface area contributed by atoms with Gasteiger partial charge in [-0.25, -0.2) is 4.39 Å². The molecule has 1 aliphatic carbocycles. The lowest BCUT2D eigenvalue weighted by molar-refractivity contribution is 0.172. The molecule has 1 aliphatic rings. The molecule has 1 saturated carbocycles. The Morgan fingerprint density at radius 2 is 1.71 bits per heavy atom. The van der Waals surface area contributed by atoms with E-state index < -0.39 is 24.2 Å². The Labute approximate surface area is 143 Å². The van der Waals surface area contributed by atoms with Gasteiger partial charge in [0.2, 0.25) is 0 Å². The van der Waals surface area contributed by atoms with Gasteiger partial charge in [-0.1, -0.05) is 51.5 Å². The second-order valence-electron chi connectivity index (χ2n) is 6.85. The van der Waals surface area contributed by atoms with Crippen LogP contribution in [0.15, 0.2) is 12.1 Å². The highest BCUT2D eigenvalue weighted by Gasteiger charge is 2.24. The Kier molecular flexibility index (Phi) is 7.50. The molecule has 0 aliphatic heterocycles. The summed E-state index contributed by atoms with van der Waals surface area (Å²) < 4.78 is 33.0. The SMILES string of the molecule is CCCCCC1CCC(COc2ccc(B(O)O)c(F)c2F)CC1. The average Bonchev–Trinajstić information content (AvgIpc) is 2.57. The molecule has 2 N–H and O–H groups in total. The van der Waals surface area contributed by atoms with Gasteiger partial charge in [0, 0.05) is 5.46 Å². The van der Waals surface area contributed by atoms with E-state index in [4.69, 9.17) is 14.8 Å². The van der Waals surface area contributed by atoms with E-state index in [1.807, 2.05) is 0 Å². The molecule has 0 aromatic heterocycles. The molecule has 6 heteroatoms. The van der Waals surface area contributed by atoms with E-state index in [-0.39, 0.29) is 5.75 Å². The van der Waals surface area contributed by atoms with Crippen molar-refractivity contribution in [1.82, 2.24) is 0 Å². The van der Waals surface area contributed by atoms with Gasteiger partial charge in [0.05, 0.1) is 6.61 Å². The second-order valence-corrected chi connectivity index (χ2v) is 6.85. The van der Waals surface area contributed by atoms with Gasteiger partial charge in [-0.15, -0.1) is 0 Å². The number of hydrogen-bond acceptors (Lipinski definition) is 3. The van der Waals surface area contributed by atoms with Gasteiger partial charge in [0.25, 0.3) is 0 Å². The van der Waals surface area contributed by atoms with E-state index in [1.54, 1.807) is 0 Å². The molecule has 0 unspecified atom stereocenters. The lowest BCUT2D eigenvalue weighted by Crippen LogP contribution is -2.33. The summed E-state index contributed by atoms with van der Waals surface area (Å²) in [6.45, 7) is 2.59. The number of unbranched alkanes of at least 4 members (excludes halogenated alkanes) is 2. The first kappa shape index (κ1) is 19.2. The van der Waals surface area contributed by atoms with Crippen LogP contribution in [-0.4, -0.2) is 23.8 Å². The van der Waals surface area contributed by atoms with Crippen molar-refractivity contribution in [3.05, 3.63) is 23.8 Å². The van der Waals surface area contributed by atoms with Crippen LogP contribution in [0.25, 0.3) is 0 Å². The second kappa shape index (κ2) is 9.37. The van der Waals surface area contributed by atoms with E-state index in [1.165, 1.54) is 44.6 Å². The highest BCUT2D eigenvalue weighted by Crippen LogP contribution is 2.32. The van der Waals surface area contributed by atoms with Crippen LogP contribution in [0, 0.1) is 23.5 Å². The van der Waals surface area contributed by atoms with Crippen LogP contribution >= 0.6 is 0 Å². The molecular formula is C18H27BF2O3. The van der Waals surface area contributed by atoms with Crippen molar-refractivity contribution in [3.8, 4) is 5.75 Å². The van der Waals surface area contributed by atoms with Gasteiger partial charge < -0.3 is 14.8 Å². The Morgan fingerprint density at radius 1 is 1.04 bits per heavy atom. The number of benzene rings is 1. The third kappa shape index (κ3) is 5.18. The predicted molar refractivity (Wildman–Crippen MR) is 91.3 cm³/mol. The fourth-order valence-electron chi connectivity index (χ4n) is 3.44. The van der Waals surface area contributed by atoms with E-state index >= 15 is 0 Å². The van der Waals surface area contributed by atoms with Crippen molar-refractivity contribution in [3.63, 3.8) is 0 Å². The lowest BCUT2D eigenvalue weighted by Gasteiger charge is -2.28. The third-order valence-electron chi connectivity index (χ3n) is 5.01. The fraction of sp³-hybridized carbons (Fsp3) is 0.667. The maximum absolute atomic E-state index is 13.9. The molecule has 1 aromatic carbocycles. The monoisotopic (exact) mass is 340 g/mol. The van der Waals surface area contributed by atoms with E-state index in [0.717, 1.165) is 24.8 Å². The summed E-state index contributed by atoms with van der Waals surface area (Å²) >= 11 is 0. The van der Waals surface area contributed by atoms with E-state index in [0.29, 0.717) is 12.5 Å². The van der Waals surface area contributed by atoms with Crippen LogP contribution in [0.5, 0.6) is 5.75 Å². The minimum absolute atomic E-state index is 0.165. The van der Waals surface area contributed by atoms with Crippen LogP contribution in [0.2, 0.25) is 0 Å². The summed E-state index contributed by atoms with van der Waals surface area (Å²) in [5.41, 5.74) is -0.479. The van der Waals surface area contributed by atoms with Gasteiger partial charge >= 0.3 is 7.12 Å². The molecule has 0 atom stereocenters. The van der Waals surface area contributed by atoms with Crippen molar-refractivity contribution in [1.29, 1.82) is 0 Å². The smallest absolute Gasteiger partial charge is 0.490 e. The first-order valence-electron chi connectivity index (χ1n) is 8.99. The minimum atomic E-state index is -2.03. The Morgan fingerprint density at radius 3 is 2.33 bits per heavy atom. The van der Waals surface area contributed by atoms with E-state index in [2.05, 4.69) is 6.92 Å². The minimum Gasteiger partial charge on any atom is -0.490 e. The summed E-state index contributed by atoms with van der Waals surface area (Å²) in [6.07, 6.45) is 9.64. The molecule has 24 heavy (non-hydrogen) atoms. The molecule has 134 valence electrons. The predicted octanol–water partition coefficient (Wildman–Crippen LogP) is 3.41. The largest absolute Gasteiger partial charge is 0.491 e. The van der Waals surface area contributed by atoms with Gasteiger partial charge in [0.15, 0.2) is 17.4 Å². The van der Waals surface area contributed by atoms with Gasteiger partial charge in [-0.2, -0.15) is 4.39 Å². The molecular weight excluding hydrogens is 313 g/mol. The molecule has 0 heterocycles. The molecule has 1 aromatic rings. The molecule has 0 bridgehead atoms. The summed E-state index contributed by atoms with van der Waals surface area (Å²) in [5.74, 6) is -1.41. The normalized spacial score (nSPS) is 20.9. The van der Waals surface area contributed by atoms with E-state index in [9.17, 15) is 8.78 Å². The average molecular weight is 340 g/mol. The molecule has 0 saturated heterocycles. The zero-order valence-corrected chi connectivity index (χ0v) is 14.3. The zero-order valence-electron chi connectivity index (χ0n) is 14.3. The molecule has 2 rings (SSSR count). The molecule has 3 nitrogen and oxygen atoms in total. The number of hydrogen-bond donors (Lipinski definition) is 2. The van der Waals surface area contributed by atoms with Crippen LogP contribution < -0.4 is 10.2 Å². The quantitative estimate of drug-likeness (QED) is 0.563. The summed E-state index contributed by atoms with van der Waals surface area (Å²) in [7, 11) is -2.03. The molecule has 1 fully saturated rings. The number of ether oxygens (including phenoxy) is 1. The highest BCUT2D eigenvalue weighted by molar-refractivity contribution is 6.58. The number of halogens is 2. The molecule has 0 radical (unpaired) electrons. The molecule has 0 spiro atoms. The number of rotatable bonds is 8. The first-order valence-corrected chi connectivity index (χ1v) is 8.99. The van der Waals surface area contributed by atoms with Crippen LogP contribution in [0.3, 0.4) is 0 Å². The van der Waals surface area contributed by atoms with Crippen LogP contribution in [0.4, 0.5) is 8.78 Å². The van der Waals surface area contributed by atoms with Crippen LogP contribution in [-0.2, 0) is 0 Å².